The number of hydrogen-bond acceptors (Lipinski definition) is 0. The van der Waals surface area contributed by atoms with Gasteiger partial charge in [0.15, 0.2) is 0 Å². The third kappa shape index (κ3) is 12.8. The van der Waals surface area contributed by atoms with Gasteiger partial charge in [0.2, 0.25) is 0 Å². The van der Waals surface area contributed by atoms with Crippen LogP contribution in [0.15, 0.2) is 118 Å². The molecular weight excluding hydrogens is 1060 g/mol. The highest BCUT2D eigenvalue weighted by Crippen LogP contribution is 2.55. The highest BCUT2D eigenvalue weighted by Gasteiger charge is 2.42. The number of aryl methyl sites for hydroxylation is 2. The van der Waals surface area contributed by atoms with Crippen molar-refractivity contribution in [3.63, 3.8) is 0 Å². The van der Waals surface area contributed by atoms with Gasteiger partial charge in [-0.05, 0) is 165 Å². The Morgan fingerprint density at radius 3 is 0.844 bits per heavy atom. The first-order valence-corrected chi connectivity index (χ1v) is 31.9. The second-order valence-electron chi connectivity index (χ2n) is 27.8. The monoisotopic (exact) mass is 1160 g/mol. The van der Waals surface area contributed by atoms with Crippen molar-refractivity contribution < 1.29 is 0 Å². The first-order valence-electron chi connectivity index (χ1n) is 30.3. The van der Waals surface area contributed by atoms with Gasteiger partial charge in [-0.2, -0.15) is 0 Å². The molecule has 2 aromatic heterocycles. The molecule has 0 unspecified atom stereocenters. The van der Waals surface area contributed by atoms with Crippen LogP contribution in [-0.2, 0) is 40.2 Å². The summed E-state index contributed by atoms with van der Waals surface area (Å²) in [5.41, 5.74) is 17.8. The average molecular weight is 1160 g/mol. The van der Waals surface area contributed by atoms with Crippen molar-refractivity contribution in [2.75, 3.05) is 0 Å². The van der Waals surface area contributed by atoms with Crippen LogP contribution in [-0.4, -0.2) is 9.13 Å². The fourth-order valence-electron chi connectivity index (χ4n) is 13.2. The van der Waals surface area contributed by atoms with Crippen molar-refractivity contribution in [2.45, 2.75) is 239 Å². The molecule has 0 aliphatic heterocycles. The van der Waals surface area contributed by atoms with Gasteiger partial charge in [-0.1, -0.05) is 241 Å². The Labute approximate surface area is 482 Å². The van der Waals surface area contributed by atoms with E-state index in [0.29, 0.717) is 0 Å². The number of fused-ring (bicyclic) bond motifs is 9. The number of aromatic nitrogens is 2. The minimum atomic E-state index is 0.0725. The normalized spacial score (nSPS) is 13.9. The molecule has 9 rings (SSSR count). The SMILES string of the molecule is CC(C)(C)c1ccc2c(c1)c1cc(C(C)(C)C)ccc1n2CCCCCCCCCCC1(CCCCCCCCCCn2c3ccc(C(C)(C)C)cc3c3cc(C(C)(C)C)ccc32)c2cc(Br)ccc2-c2ccc(Br)cc21. The smallest absolute Gasteiger partial charge is 0.0491 e. The van der Waals surface area contributed by atoms with Crippen LogP contribution < -0.4 is 0 Å². The second kappa shape index (κ2) is 23.5. The fourth-order valence-corrected chi connectivity index (χ4v) is 13.9. The summed E-state index contributed by atoms with van der Waals surface area (Å²) < 4.78 is 7.65. The predicted octanol–water partition coefficient (Wildman–Crippen LogP) is 23.3. The van der Waals surface area contributed by atoms with Crippen LogP contribution in [0, 0.1) is 0 Å². The largest absolute Gasteiger partial charge is 0.340 e. The minimum absolute atomic E-state index is 0.0725. The lowest BCUT2D eigenvalue weighted by Gasteiger charge is -2.33. The van der Waals surface area contributed by atoms with Gasteiger partial charge in [-0.3, -0.25) is 0 Å². The molecule has 6 aromatic carbocycles. The summed E-state index contributed by atoms with van der Waals surface area (Å²) in [7, 11) is 0. The number of nitrogens with zero attached hydrogens (tertiary/aromatic N) is 2. The van der Waals surface area contributed by atoms with E-state index in [4.69, 9.17) is 0 Å². The number of hydrogen-bond donors (Lipinski definition) is 0. The van der Waals surface area contributed by atoms with E-state index in [1.54, 1.807) is 11.1 Å². The molecule has 77 heavy (non-hydrogen) atoms. The van der Waals surface area contributed by atoms with Crippen molar-refractivity contribution in [2.24, 2.45) is 0 Å². The summed E-state index contributed by atoms with van der Waals surface area (Å²) in [6, 6.07) is 43.2. The zero-order chi connectivity index (χ0) is 54.9. The molecule has 0 amide bonds. The Bertz CT molecular complexity index is 2960. The molecular formula is C73H94Br2N2. The van der Waals surface area contributed by atoms with Crippen molar-refractivity contribution in [1.29, 1.82) is 0 Å². The molecule has 0 bridgehead atoms. The third-order valence-corrected chi connectivity index (χ3v) is 18.9. The van der Waals surface area contributed by atoms with Gasteiger partial charge in [-0.15, -0.1) is 0 Å². The Balaban J connectivity index is 0.752. The Kier molecular flexibility index (Phi) is 17.6. The topological polar surface area (TPSA) is 9.86 Å². The van der Waals surface area contributed by atoms with Gasteiger partial charge >= 0.3 is 0 Å². The quantitative estimate of drug-likeness (QED) is 0.0599. The molecule has 2 heterocycles. The van der Waals surface area contributed by atoms with Crippen molar-refractivity contribution in [3.8, 4) is 11.1 Å². The first-order chi connectivity index (χ1) is 36.5. The highest BCUT2D eigenvalue weighted by molar-refractivity contribution is 9.10. The number of halogens is 2. The lowest BCUT2D eigenvalue weighted by molar-refractivity contribution is 0.396. The molecule has 1 aliphatic carbocycles. The van der Waals surface area contributed by atoms with Crippen LogP contribution in [0.4, 0.5) is 0 Å². The van der Waals surface area contributed by atoms with Gasteiger partial charge in [-0.25, -0.2) is 0 Å². The van der Waals surface area contributed by atoms with Gasteiger partial charge in [0.25, 0.3) is 0 Å². The zero-order valence-electron chi connectivity index (χ0n) is 49.7. The number of rotatable bonds is 22. The van der Waals surface area contributed by atoms with Gasteiger partial charge in [0, 0.05) is 71.1 Å². The van der Waals surface area contributed by atoms with E-state index in [0.717, 1.165) is 13.1 Å². The average Bonchev–Trinajstić information content (AvgIpc) is 3.98. The van der Waals surface area contributed by atoms with Gasteiger partial charge in [0.1, 0.15) is 0 Å². The summed E-state index contributed by atoms with van der Waals surface area (Å²) in [5, 5.41) is 5.66. The number of unbranched alkanes of at least 4 members (excludes halogenated alkanes) is 14. The van der Waals surface area contributed by atoms with Crippen LogP contribution in [0.5, 0.6) is 0 Å². The molecule has 410 valence electrons. The second-order valence-corrected chi connectivity index (χ2v) is 29.7. The van der Waals surface area contributed by atoms with Gasteiger partial charge < -0.3 is 9.13 Å². The first kappa shape index (κ1) is 57.6. The van der Waals surface area contributed by atoms with E-state index in [1.807, 2.05) is 0 Å². The maximum absolute atomic E-state index is 3.92. The molecule has 0 atom stereocenters. The molecule has 0 N–H and O–H groups in total. The molecule has 0 fully saturated rings. The van der Waals surface area contributed by atoms with E-state index in [-0.39, 0.29) is 27.1 Å². The molecule has 2 nitrogen and oxygen atoms in total. The molecule has 0 saturated heterocycles. The summed E-state index contributed by atoms with van der Waals surface area (Å²) in [6.45, 7) is 30.2. The Morgan fingerprint density at radius 1 is 0.312 bits per heavy atom. The van der Waals surface area contributed by atoms with Crippen LogP contribution in [0.2, 0.25) is 0 Å². The molecule has 0 spiro atoms. The standard InChI is InChI=1S/C73H94Br2N2/c1-69(2,3)51-29-37-65-59(45-51)60-46-52(70(4,5)6)30-38-66(60)76(65)43-27-23-19-15-13-17-21-25-41-73(63-49-55(74)33-35-57(63)58-36-34-56(75)50-64(58)73)42-26-22-18-14-16-20-24-28-44-77-67-39-31-53(71(7,8)9)47-61(67)62-48-54(72(10,11)12)32-40-68(62)77/h29-40,45-50H,13-28,41-44H2,1-12H3. The van der Waals surface area contributed by atoms with E-state index in [9.17, 15) is 0 Å². The summed E-state index contributed by atoms with van der Waals surface area (Å²) in [6.07, 6.45) is 23.4. The minimum Gasteiger partial charge on any atom is -0.340 e. The predicted molar refractivity (Wildman–Crippen MR) is 345 cm³/mol. The van der Waals surface area contributed by atoms with Crippen LogP contribution >= 0.6 is 31.9 Å². The molecule has 8 aromatic rings. The summed E-state index contributed by atoms with van der Waals surface area (Å²) in [5.74, 6) is 0. The zero-order valence-corrected chi connectivity index (χ0v) is 52.9. The van der Waals surface area contributed by atoms with E-state index in [1.165, 1.54) is 202 Å². The highest BCUT2D eigenvalue weighted by atomic mass is 79.9. The molecule has 0 saturated carbocycles. The van der Waals surface area contributed by atoms with E-state index < -0.39 is 0 Å². The fraction of sp³-hybridized carbons (Fsp3) is 0.507. The number of benzene rings is 6. The summed E-state index contributed by atoms with van der Waals surface area (Å²) in [4.78, 5) is 0. The Hall–Kier alpha value is -4.12. The van der Waals surface area contributed by atoms with Crippen molar-refractivity contribution >= 4 is 75.5 Å². The molecule has 0 radical (unpaired) electrons. The van der Waals surface area contributed by atoms with Crippen molar-refractivity contribution in [3.05, 3.63) is 152 Å². The van der Waals surface area contributed by atoms with Crippen LogP contribution in [0.1, 0.15) is 232 Å². The van der Waals surface area contributed by atoms with E-state index >= 15 is 0 Å². The molecule has 1 aliphatic rings. The maximum atomic E-state index is 3.92. The summed E-state index contributed by atoms with van der Waals surface area (Å²) >= 11 is 7.84. The van der Waals surface area contributed by atoms with E-state index in [2.05, 4.69) is 233 Å². The maximum Gasteiger partial charge on any atom is 0.0491 e. The third-order valence-electron chi connectivity index (χ3n) is 17.9. The van der Waals surface area contributed by atoms with Gasteiger partial charge in [0.05, 0.1) is 0 Å². The molecule has 4 heteroatoms. The Morgan fingerprint density at radius 2 is 0.571 bits per heavy atom. The lowest BCUT2D eigenvalue weighted by atomic mass is 9.70. The van der Waals surface area contributed by atoms with Crippen LogP contribution in [0.3, 0.4) is 0 Å². The van der Waals surface area contributed by atoms with Crippen molar-refractivity contribution in [1.82, 2.24) is 9.13 Å². The van der Waals surface area contributed by atoms with Crippen LogP contribution in [0.25, 0.3) is 54.7 Å². The lowest BCUT2D eigenvalue weighted by Crippen LogP contribution is -2.25.